The van der Waals surface area contributed by atoms with Crippen molar-refractivity contribution in [1.82, 2.24) is 5.32 Å². The van der Waals surface area contributed by atoms with Crippen LogP contribution in [0.15, 0.2) is 22.7 Å². The molecule has 1 N–H and O–H groups in total. The molecule has 4 heteroatoms. The molecule has 2 rings (SSSR count). The molecule has 15 heavy (non-hydrogen) atoms. The summed E-state index contributed by atoms with van der Waals surface area (Å²) in [6, 6.07) is 4.72. The van der Waals surface area contributed by atoms with E-state index in [1.807, 2.05) is 0 Å². The van der Waals surface area contributed by atoms with E-state index < -0.39 is 0 Å². The molecule has 1 fully saturated rings. The topological polar surface area (TPSA) is 29.1 Å². The summed E-state index contributed by atoms with van der Waals surface area (Å²) >= 11 is 3.29. The average Bonchev–Trinajstić information content (AvgIpc) is 2.95. The molecule has 0 aromatic heterocycles. The smallest absolute Gasteiger partial charge is 0.224 e. The van der Waals surface area contributed by atoms with Crippen molar-refractivity contribution in [3.63, 3.8) is 0 Å². The minimum atomic E-state index is -0.313. The second kappa shape index (κ2) is 4.31. The highest BCUT2D eigenvalue weighted by Gasteiger charge is 2.23. The molecular weight excluding hydrogens is 261 g/mol. The zero-order chi connectivity index (χ0) is 10.8. The van der Waals surface area contributed by atoms with Gasteiger partial charge in [-0.3, -0.25) is 4.79 Å². The lowest BCUT2D eigenvalue weighted by atomic mass is 10.1. The zero-order valence-corrected chi connectivity index (χ0v) is 9.68. The molecule has 0 saturated heterocycles. The number of amides is 1. The van der Waals surface area contributed by atoms with Gasteiger partial charge in [-0.1, -0.05) is 15.9 Å². The Morgan fingerprint density at radius 2 is 2.27 bits per heavy atom. The second-order valence-corrected chi connectivity index (χ2v) is 4.61. The fourth-order valence-electron chi connectivity index (χ4n) is 1.36. The van der Waals surface area contributed by atoms with E-state index in [1.54, 1.807) is 6.07 Å². The van der Waals surface area contributed by atoms with E-state index in [2.05, 4.69) is 21.2 Å². The van der Waals surface area contributed by atoms with Gasteiger partial charge < -0.3 is 5.32 Å². The Bertz CT molecular complexity index is 390. The van der Waals surface area contributed by atoms with Gasteiger partial charge in [0, 0.05) is 10.5 Å². The maximum absolute atomic E-state index is 12.9. The highest BCUT2D eigenvalue weighted by molar-refractivity contribution is 9.10. The lowest BCUT2D eigenvalue weighted by Gasteiger charge is -2.05. The van der Waals surface area contributed by atoms with Crippen LogP contribution in [0.4, 0.5) is 4.39 Å². The van der Waals surface area contributed by atoms with Crippen LogP contribution in [-0.4, -0.2) is 11.9 Å². The van der Waals surface area contributed by atoms with Crippen LogP contribution in [-0.2, 0) is 11.2 Å². The van der Waals surface area contributed by atoms with Crippen LogP contribution >= 0.6 is 15.9 Å². The molecule has 0 unspecified atom stereocenters. The number of hydrogen-bond donors (Lipinski definition) is 1. The summed E-state index contributed by atoms with van der Waals surface area (Å²) < 4.78 is 13.7. The summed E-state index contributed by atoms with van der Waals surface area (Å²) in [5, 5.41) is 2.87. The Kier molecular flexibility index (Phi) is 3.05. The molecule has 0 spiro atoms. The molecule has 1 aliphatic carbocycles. The largest absolute Gasteiger partial charge is 0.353 e. The summed E-state index contributed by atoms with van der Waals surface area (Å²) in [5.41, 5.74) is 0.688. The van der Waals surface area contributed by atoms with E-state index in [0.717, 1.165) is 17.3 Å². The molecule has 1 aliphatic rings. The first-order chi connectivity index (χ1) is 7.15. The summed E-state index contributed by atoms with van der Waals surface area (Å²) in [4.78, 5) is 11.5. The minimum absolute atomic E-state index is 0.0381. The third kappa shape index (κ3) is 3.02. The fourth-order valence-corrected chi connectivity index (χ4v) is 1.74. The van der Waals surface area contributed by atoms with Crippen molar-refractivity contribution in [3.05, 3.63) is 34.1 Å². The van der Waals surface area contributed by atoms with Gasteiger partial charge in [0.1, 0.15) is 5.82 Å². The van der Waals surface area contributed by atoms with Crippen LogP contribution in [0.25, 0.3) is 0 Å². The molecular formula is C11H11BrFNO. The van der Waals surface area contributed by atoms with Gasteiger partial charge in [0.2, 0.25) is 5.91 Å². The van der Waals surface area contributed by atoms with Crippen LogP contribution < -0.4 is 5.32 Å². The first-order valence-electron chi connectivity index (χ1n) is 4.88. The normalized spacial score (nSPS) is 15.1. The Balaban J connectivity index is 2.01. The van der Waals surface area contributed by atoms with E-state index in [4.69, 9.17) is 0 Å². The van der Waals surface area contributed by atoms with Gasteiger partial charge in [0.05, 0.1) is 6.42 Å². The van der Waals surface area contributed by atoms with E-state index in [1.165, 1.54) is 12.1 Å². The van der Waals surface area contributed by atoms with Crippen LogP contribution in [0.3, 0.4) is 0 Å². The van der Waals surface area contributed by atoms with Gasteiger partial charge in [-0.15, -0.1) is 0 Å². The number of benzene rings is 1. The number of hydrogen-bond acceptors (Lipinski definition) is 1. The molecule has 0 bridgehead atoms. The van der Waals surface area contributed by atoms with Crippen molar-refractivity contribution in [2.45, 2.75) is 25.3 Å². The van der Waals surface area contributed by atoms with Crippen molar-refractivity contribution in [3.8, 4) is 0 Å². The zero-order valence-electron chi connectivity index (χ0n) is 8.09. The number of rotatable bonds is 3. The third-order valence-corrected chi connectivity index (χ3v) is 3.07. The van der Waals surface area contributed by atoms with Crippen LogP contribution in [0, 0.1) is 5.82 Å². The third-order valence-electron chi connectivity index (χ3n) is 2.30. The number of carbonyl (C=O) groups is 1. The Hall–Kier alpha value is -0.900. The van der Waals surface area contributed by atoms with Crippen LogP contribution in [0.2, 0.25) is 0 Å². The van der Waals surface area contributed by atoms with Gasteiger partial charge >= 0.3 is 0 Å². The van der Waals surface area contributed by atoms with Gasteiger partial charge in [-0.05, 0) is 36.6 Å². The predicted octanol–water partition coefficient (Wildman–Crippen LogP) is 2.41. The summed E-state index contributed by atoms with van der Waals surface area (Å²) in [6.45, 7) is 0. The maximum atomic E-state index is 12.9. The molecule has 2 nitrogen and oxygen atoms in total. The average molecular weight is 272 g/mol. The Morgan fingerprint density at radius 3 is 2.93 bits per heavy atom. The number of halogens is 2. The van der Waals surface area contributed by atoms with Gasteiger partial charge in [-0.2, -0.15) is 0 Å². The van der Waals surface area contributed by atoms with Crippen molar-refractivity contribution < 1.29 is 9.18 Å². The fraction of sp³-hybridized carbons (Fsp3) is 0.364. The predicted molar refractivity (Wildman–Crippen MR) is 59.0 cm³/mol. The lowest BCUT2D eigenvalue weighted by molar-refractivity contribution is -0.120. The summed E-state index contributed by atoms with van der Waals surface area (Å²) in [5.74, 6) is -0.351. The first-order valence-corrected chi connectivity index (χ1v) is 5.68. The molecule has 0 aliphatic heterocycles. The molecule has 0 radical (unpaired) electrons. The van der Waals surface area contributed by atoms with E-state index in [-0.39, 0.29) is 18.1 Å². The van der Waals surface area contributed by atoms with Crippen molar-refractivity contribution in [2.75, 3.05) is 0 Å². The van der Waals surface area contributed by atoms with Gasteiger partial charge in [0.25, 0.3) is 0 Å². The maximum Gasteiger partial charge on any atom is 0.224 e. The van der Waals surface area contributed by atoms with E-state index >= 15 is 0 Å². The standard InChI is InChI=1S/C11H11BrFNO/c12-10-4-1-8(13)5-7(10)6-11(15)14-9-2-3-9/h1,4-5,9H,2-3,6H2,(H,14,15). The Labute approximate surface area is 96.0 Å². The summed E-state index contributed by atoms with van der Waals surface area (Å²) in [7, 11) is 0. The second-order valence-electron chi connectivity index (χ2n) is 3.75. The highest BCUT2D eigenvalue weighted by Crippen LogP contribution is 2.21. The minimum Gasteiger partial charge on any atom is -0.353 e. The van der Waals surface area contributed by atoms with Crippen molar-refractivity contribution in [1.29, 1.82) is 0 Å². The molecule has 0 atom stereocenters. The van der Waals surface area contributed by atoms with Gasteiger partial charge in [0.15, 0.2) is 0 Å². The lowest BCUT2D eigenvalue weighted by Crippen LogP contribution is -2.27. The number of nitrogens with one attached hydrogen (secondary N) is 1. The molecule has 1 amide bonds. The molecule has 0 heterocycles. The monoisotopic (exact) mass is 271 g/mol. The van der Waals surface area contributed by atoms with E-state index in [9.17, 15) is 9.18 Å². The number of carbonyl (C=O) groups excluding carboxylic acids is 1. The molecule has 1 aromatic rings. The summed E-state index contributed by atoms with van der Waals surface area (Å²) in [6.07, 6.45) is 2.36. The van der Waals surface area contributed by atoms with Crippen molar-refractivity contribution >= 4 is 21.8 Å². The highest BCUT2D eigenvalue weighted by atomic mass is 79.9. The van der Waals surface area contributed by atoms with Crippen molar-refractivity contribution in [2.24, 2.45) is 0 Å². The first kappa shape index (κ1) is 10.6. The van der Waals surface area contributed by atoms with E-state index in [0.29, 0.717) is 11.6 Å². The molecule has 1 saturated carbocycles. The van der Waals surface area contributed by atoms with Gasteiger partial charge in [-0.25, -0.2) is 4.39 Å². The molecule has 80 valence electrons. The van der Waals surface area contributed by atoms with Crippen LogP contribution in [0.1, 0.15) is 18.4 Å². The van der Waals surface area contributed by atoms with Crippen LogP contribution in [0.5, 0.6) is 0 Å². The molecule has 1 aromatic carbocycles. The quantitative estimate of drug-likeness (QED) is 0.899. The Morgan fingerprint density at radius 1 is 1.53 bits per heavy atom. The SMILES string of the molecule is O=C(Cc1cc(F)ccc1Br)NC1CC1.